The standard InChI is InChI=1S/C15H15F3N4O5/c1-9(10-6-22(21-20-10)7-12(23)25-2)27-14(24)13-11(4-3-5-19-13)26-8-15(16,17)18/h3-6,9H,7-8H2,1-2H3. The summed E-state index contributed by atoms with van der Waals surface area (Å²) in [5.74, 6) is -1.90. The number of alkyl halides is 3. The molecule has 2 aromatic rings. The van der Waals surface area contributed by atoms with Crippen molar-refractivity contribution < 1.29 is 37.0 Å². The van der Waals surface area contributed by atoms with Crippen molar-refractivity contribution in [2.24, 2.45) is 0 Å². The first-order valence-corrected chi connectivity index (χ1v) is 7.52. The van der Waals surface area contributed by atoms with Crippen molar-refractivity contribution in [3.63, 3.8) is 0 Å². The molecule has 2 aromatic heterocycles. The zero-order chi connectivity index (χ0) is 20.0. The number of methoxy groups -OCH3 is 1. The second-order valence-electron chi connectivity index (χ2n) is 5.22. The number of esters is 2. The Balaban J connectivity index is 2.05. The van der Waals surface area contributed by atoms with Crippen LogP contribution >= 0.6 is 0 Å². The number of carbonyl (C=O) groups is 2. The number of ether oxygens (including phenoxy) is 3. The van der Waals surface area contributed by atoms with Gasteiger partial charge in [0.25, 0.3) is 0 Å². The van der Waals surface area contributed by atoms with Gasteiger partial charge in [0.2, 0.25) is 0 Å². The van der Waals surface area contributed by atoms with E-state index in [1.165, 1.54) is 43.2 Å². The van der Waals surface area contributed by atoms with E-state index in [1.54, 1.807) is 0 Å². The van der Waals surface area contributed by atoms with Gasteiger partial charge in [0, 0.05) is 6.20 Å². The third-order valence-electron chi connectivity index (χ3n) is 3.13. The summed E-state index contributed by atoms with van der Waals surface area (Å²) in [6.45, 7) is -0.278. The molecule has 12 heteroatoms. The normalized spacial score (nSPS) is 12.3. The molecule has 146 valence electrons. The number of aromatic nitrogens is 4. The first-order chi connectivity index (χ1) is 12.7. The lowest BCUT2D eigenvalue weighted by Crippen LogP contribution is -2.21. The Labute approximate surface area is 151 Å². The van der Waals surface area contributed by atoms with Gasteiger partial charge in [0.1, 0.15) is 18.3 Å². The van der Waals surface area contributed by atoms with Crippen LogP contribution in [-0.2, 0) is 20.8 Å². The summed E-state index contributed by atoms with van der Waals surface area (Å²) in [6.07, 6.45) is -2.88. The smallest absolute Gasteiger partial charge is 0.422 e. The van der Waals surface area contributed by atoms with Crippen LogP contribution < -0.4 is 4.74 Å². The number of hydrogen-bond donors (Lipinski definition) is 0. The largest absolute Gasteiger partial charge is 0.482 e. The van der Waals surface area contributed by atoms with E-state index in [9.17, 15) is 22.8 Å². The fourth-order valence-corrected chi connectivity index (χ4v) is 1.87. The maximum Gasteiger partial charge on any atom is 0.422 e. The molecule has 0 radical (unpaired) electrons. The van der Waals surface area contributed by atoms with Crippen molar-refractivity contribution in [2.75, 3.05) is 13.7 Å². The summed E-state index contributed by atoms with van der Waals surface area (Å²) in [6, 6.07) is 2.50. The topological polar surface area (TPSA) is 105 Å². The van der Waals surface area contributed by atoms with Crippen molar-refractivity contribution in [3.05, 3.63) is 35.9 Å². The minimum atomic E-state index is -4.57. The fraction of sp³-hybridized carbons (Fsp3) is 0.400. The fourth-order valence-electron chi connectivity index (χ4n) is 1.87. The second-order valence-corrected chi connectivity index (χ2v) is 5.22. The molecule has 0 aliphatic rings. The highest BCUT2D eigenvalue weighted by atomic mass is 19.4. The van der Waals surface area contributed by atoms with Gasteiger partial charge in [0.05, 0.1) is 13.3 Å². The van der Waals surface area contributed by atoms with Crippen molar-refractivity contribution >= 4 is 11.9 Å². The molecule has 0 bridgehead atoms. The lowest BCUT2D eigenvalue weighted by molar-refractivity contribution is -0.153. The first-order valence-electron chi connectivity index (χ1n) is 7.52. The number of nitrogens with zero attached hydrogens (tertiary/aromatic N) is 4. The molecule has 1 unspecified atom stereocenters. The Kier molecular flexibility index (Phi) is 6.32. The van der Waals surface area contributed by atoms with Gasteiger partial charge < -0.3 is 14.2 Å². The molecule has 27 heavy (non-hydrogen) atoms. The third kappa shape index (κ3) is 5.94. The van der Waals surface area contributed by atoms with Gasteiger partial charge in [0.15, 0.2) is 18.1 Å². The third-order valence-corrected chi connectivity index (χ3v) is 3.13. The molecule has 0 aliphatic carbocycles. The predicted octanol–water partition coefficient (Wildman–Crippen LogP) is 1.71. The number of hydrogen-bond acceptors (Lipinski definition) is 8. The summed E-state index contributed by atoms with van der Waals surface area (Å²) in [5, 5.41) is 7.46. The highest BCUT2D eigenvalue weighted by molar-refractivity contribution is 5.90. The SMILES string of the molecule is COC(=O)Cn1cc(C(C)OC(=O)c2ncccc2OCC(F)(F)F)nn1. The van der Waals surface area contributed by atoms with Crippen LogP contribution in [0, 0.1) is 0 Å². The predicted molar refractivity (Wildman–Crippen MR) is 81.7 cm³/mol. The molecule has 0 amide bonds. The summed E-state index contributed by atoms with van der Waals surface area (Å²) < 4.78 is 52.4. The van der Waals surface area contributed by atoms with E-state index in [4.69, 9.17) is 4.74 Å². The Bertz CT molecular complexity index is 809. The maximum atomic E-state index is 12.3. The highest BCUT2D eigenvalue weighted by Crippen LogP contribution is 2.23. The van der Waals surface area contributed by atoms with Gasteiger partial charge in [-0.3, -0.25) is 4.79 Å². The van der Waals surface area contributed by atoms with Gasteiger partial charge in [-0.05, 0) is 19.1 Å². The van der Waals surface area contributed by atoms with Crippen molar-refractivity contribution in [2.45, 2.75) is 25.7 Å². The van der Waals surface area contributed by atoms with Crippen molar-refractivity contribution in [1.29, 1.82) is 0 Å². The van der Waals surface area contributed by atoms with Crippen LogP contribution in [0.4, 0.5) is 13.2 Å². The molecule has 9 nitrogen and oxygen atoms in total. The van der Waals surface area contributed by atoms with Gasteiger partial charge in [-0.1, -0.05) is 5.21 Å². The monoisotopic (exact) mass is 388 g/mol. The number of pyridine rings is 1. The van der Waals surface area contributed by atoms with E-state index in [0.717, 1.165) is 0 Å². The molecule has 0 spiro atoms. The maximum absolute atomic E-state index is 12.3. The Hall–Kier alpha value is -3.18. The quantitative estimate of drug-likeness (QED) is 0.660. The Morgan fingerprint density at radius 3 is 2.74 bits per heavy atom. The average molecular weight is 388 g/mol. The molecular weight excluding hydrogens is 373 g/mol. The Morgan fingerprint density at radius 2 is 2.07 bits per heavy atom. The van der Waals surface area contributed by atoms with Crippen LogP contribution in [-0.4, -0.2) is 51.8 Å². The van der Waals surface area contributed by atoms with Crippen LogP contribution in [0.5, 0.6) is 5.75 Å². The second kappa shape index (κ2) is 8.47. The molecule has 0 saturated carbocycles. The minimum Gasteiger partial charge on any atom is -0.482 e. The van der Waals surface area contributed by atoms with Crippen LogP contribution in [0.15, 0.2) is 24.5 Å². The van der Waals surface area contributed by atoms with E-state index in [2.05, 4.69) is 24.8 Å². The zero-order valence-corrected chi connectivity index (χ0v) is 14.3. The lowest BCUT2D eigenvalue weighted by atomic mass is 10.3. The molecule has 2 heterocycles. The Morgan fingerprint density at radius 1 is 1.33 bits per heavy atom. The highest BCUT2D eigenvalue weighted by Gasteiger charge is 2.30. The van der Waals surface area contributed by atoms with E-state index < -0.39 is 36.5 Å². The van der Waals surface area contributed by atoms with Crippen molar-refractivity contribution in [3.8, 4) is 5.75 Å². The molecule has 0 N–H and O–H groups in total. The molecule has 0 aliphatic heterocycles. The molecule has 0 aromatic carbocycles. The number of carbonyl (C=O) groups excluding carboxylic acids is 2. The van der Waals surface area contributed by atoms with Gasteiger partial charge in [-0.15, -0.1) is 5.10 Å². The van der Waals surface area contributed by atoms with Gasteiger partial charge in [-0.2, -0.15) is 13.2 Å². The lowest BCUT2D eigenvalue weighted by Gasteiger charge is -2.13. The van der Waals surface area contributed by atoms with E-state index in [1.807, 2.05) is 0 Å². The molecule has 2 rings (SSSR count). The summed E-state index contributed by atoms with van der Waals surface area (Å²) in [4.78, 5) is 27.1. The average Bonchev–Trinajstić information content (AvgIpc) is 3.08. The first kappa shape index (κ1) is 20.1. The van der Waals surface area contributed by atoms with Gasteiger partial charge >= 0.3 is 18.1 Å². The van der Waals surface area contributed by atoms with Crippen LogP contribution in [0.3, 0.4) is 0 Å². The van der Waals surface area contributed by atoms with Crippen LogP contribution in [0.1, 0.15) is 29.2 Å². The minimum absolute atomic E-state index is 0.181. The number of halogens is 3. The summed E-state index contributed by atoms with van der Waals surface area (Å²) >= 11 is 0. The van der Waals surface area contributed by atoms with Gasteiger partial charge in [-0.25, -0.2) is 14.5 Å². The van der Waals surface area contributed by atoms with Crippen LogP contribution in [0.25, 0.3) is 0 Å². The molecule has 0 saturated heterocycles. The van der Waals surface area contributed by atoms with E-state index >= 15 is 0 Å². The zero-order valence-electron chi connectivity index (χ0n) is 14.3. The molecule has 1 atom stereocenters. The van der Waals surface area contributed by atoms with E-state index in [0.29, 0.717) is 0 Å². The van der Waals surface area contributed by atoms with Crippen LogP contribution in [0.2, 0.25) is 0 Å². The summed E-state index contributed by atoms with van der Waals surface area (Å²) in [7, 11) is 1.22. The van der Waals surface area contributed by atoms with E-state index in [-0.39, 0.29) is 18.0 Å². The molecule has 0 fully saturated rings. The summed E-state index contributed by atoms with van der Waals surface area (Å²) in [5.41, 5.74) is -0.184. The molecular formula is C15H15F3N4O5. The number of rotatable bonds is 7. The van der Waals surface area contributed by atoms with Crippen molar-refractivity contribution in [1.82, 2.24) is 20.0 Å².